The van der Waals surface area contributed by atoms with E-state index in [0.29, 0.717) is 0 Å². The predicted molar refractivity (Wildman–Crippen MR) is 262 cm³/mol. The van der Waals surface area contributed by atoms with Gasteiger partial charge in [-0.15, -0.1) is 0 Å². The minimum Gasteiger partial charge on any atom is -0.310 e. The number of fused-ring (bicyclic) bond motifs is 3. The molecule has 0 radical (unpaired) electrons. The van der Waals surface area contributed by atoms with Gasteiger partial charge in [0.2, 0.25) is 0 Å². The number of para-hydroxylation sites is 2. The lowest BCUT2D eigenvalue weighted by Crippen LogP contribution is -2.10. The van der Waals surface area contributed by atoms with Gasteiger partial charge in [-0.1, -0.05) is 176 Å². The van der Waals surface area contributed by atoms with Gasteiger partial charge in [-0.05, 0) is 106 Å². The molecule has 62 heavy (non-hydrogen) atoms. The van der Waals surface area contributed by atoms with Crippen LogP contribution in [0.5, 0.6) is 0 Å². The van der Waals surface area contributed by atoms with Gasteiger partial charge in [0, 0.05) is 44.5 Å². The van der Waals surface area contributed by atoms with Crippen LogP contribution in [0.3, 0.4) is 0 Å². The number of hydrogen-bond donors (Lipinski definition) is 0. The van der Waals surface area contributed by atoms with Crippen LogP contribution in [0.15, 0.2) is 249 Å². The lowest BCUT2D eigenvalue weighted by Gasteiger charge is -2.27. The minimum atomic E-state index is 0.938. The van der Waals surface area contributed by atoms with Crippen LogP contribution >= 0.6 is 0 Å². The Balaban J connectivity index is 0.959. The van der Waals surface area contributed by atoms with Crippen LogP contribution in [0.2, 0.25) is 0 Å². The van der Waals surface area contributed by atoms with Gasteiger partial charge in [-0.3, -0.25) is 0 Å². The fraction of sp³-hybridized carbons (Fsp3) is 0. The Morgan fingerprint density at radius 3 is 1.29 bits per heavy atom. The summed E-state index contributed by atoms with van der Waals surface area (Å²) in [6, 6.07) is 88.8. The standard InChI is InChI=1S/C59H41N3/c1-4-16-46(17-5-1)54-41-57(60-56-39-38-51(40-55(54)56)62(49-24-8-3-9-25-49)59-29-15-21-45-19-11-13-27-53(45)59)47-32-30-42(31-33-47)43-34-36-50(37-35-43)61(48-22-6-2-7-23-48)58-28-14-20-44-18-10-12-26-52(44)58/h1-41H. The van der Waals surface area contributed by atoms with Crippen LogP contribution in [0, 0.1) is 0 Å². The monoisotopic (exact) mass is 791 g/mol. The topological polar surface area (TPSA) is 19.4 Å². The van der Waals surface area contributed by atoms with Crippen molar-refractivity contribution in [3.05, 3.63) is 249 Å². The first-order valence-electron chi connectivity index (χ1n) is 21.1. The number of aromatic nitrogens is 1. The van der Waals surface area contributed by atoms with Gasteiger partial charge in [0.15, 0.2) is 0 Å². The predicted octanol–water partition coefficient (Wildman–Crippen LogP) is 16.5. The maximum atomic E-state index is 5.32. The Kier molecular flexibility index (Phi) is 9.53. The fourth-order valence-electron chi connectivity index (χ4n) is 8.81. The van der Waals surface area contributed by atoms with Crippen molar-refractivity contribution in [1.82, 2.24) is 4.98 Å². The van der Waals surface area contributed by atoms with Crippen LogP contribution < -0.4 is 9.80 Å². The van der Waals surface area contributed by atoms with Gasteiger partial charge in [0.1, 0.15) is 0 Å². The number of anilines is 6. The van der Waals surface area contributed by atoms with Crippen molar-refractivity contribution < 1.29 is 0 Å². The van der Waals surface area contributed by atoms with Gasteiger partial charge in [0.05, 0.1) is 22.6 Å². The first-order chi connectivity index (χ1) is 30.7. The van der Waals surface area contributed by atoms with Crippen LogP contribution in [0.4, 0.5) is 34.1 Å². The SMILES string of the molecule is c1ccc(-c2cc(-c3ccc(-c4ccc(N(c5ccccc5)c5cccc6ccccc56)cc4)cc3)nc3ccc(N(c4ccccc4)c4cccc5ccccc45)cc23)cc1. The average molecular weight is 792 g/mol. The molecule has 0 fully saturated rings. The molecule has 1 aromatic heterocycles. The van der Waals surface area contributed by atoms with Crippen molar-refractivity contribution >= 4 is 66.6 Å². The lowest BCUT2D eigenvalue weighted by molar-refractivity contribution is 1.30. The minimum absolute atomic E-state index is 0.938. The highest BCUT2D eigenvalue weighted by molar-refractivity contribution is 6.03. The third-order valence-electron chi connectivity index (χ3n) is 11.8. The zero-order valence-corrected chi connectivity index (χ0v) is 34.0. The molecule has 0 aliphatic heterocycles. The molecule has 0 saturated carbocycles. The van der Waals surface area contributed by atoms with Gasteiger partial charge in [-0.2, -0.15) is 0 Å². The van der Waals surface area contributed by atoms with Crippen molar-refractivity contribution in [2.24, 2.45) is 0 Å². The summed E-state index contributed by atoms with van der Waals surface area (Å²) in [6.45, 7) is 0. The van der Waals surface area contributed by atoms with Crippen molar-refractivity contribution in [3.8, 4) is 33.5 Å². The van der Waals surface area contributed by atoms with E-state index in [1.54, 1.807) is 0 Å². The molecule has 0 atom stereocenters. The second kappa shape index (κ2) is 16.1. The van der Waals surface area contributed by atoms with Crippen LogP contribution in [-0.4, -0.2) is 4.98 Å². The van der Waals surface area contributed by atoms with E-state index >= 15 is 0 Å². The van der Waals surface area contributed by atoms with Gasteiger partial charge in [-0.25, -0.2) is 4.98 Å². The average Bonchev–Trinajstić information content (AvgIpc) is 3.35. The molecule has 0 amide bonds. The summed E-state index contributed by atoms with van der Waals surface area (Å²) < 4.78 is 0. The quantitative estimate of drug-likeness (QED) is 0.145. The largest absolute Gasteiger partial charge is 0.310 e. The van der Waals surface area contributed by atoms with Crippen LogP contribution in [-0.2, 0) is 0 Å². The van der Waals surface area contributed by atoms with E-state index < -0.39 is 0 Å². The molecule has 0 saturated heterocycles. The summed E-state index contributed by atoms with van der Waals surface area (Å²) in [4.78, 5) is 10.0. The number of hydrogen-bond acceptors (Lipinski definition) is 3. The molecule has 0 spiro atoms. The molecule has 292 valence electrons. The van der Waals surface area contributed by atoms with E-state index in [1.807, 2.05) is 0 Å². The van der Waals surface area contributed by atoms with Crippen molar-refractivity contribution in [3.63, 3.8) is 0 Å². The molecule has 1 heterocycles. The van der Waals surface area contributed by atoms with Crippen molar-refractivity contribution in [2.45, 2.75) is 0 Å². The summed E-state index contributed by atoms with van der Waals surface area (Å²) in [5, 5.41) is 5.94. The van der Waals surface area contributed by atoms with Crippen molar-refractivity contribution in [1.29, 1.82) is 0 Å². The normalized spacial score (nSPS) is 11.2. The Hall–Kier alpha value is -8.27. The maximum Gasteiger partial charge on any atom is 0.0717 e. The Morgan fingerprint density at radius 2 is 0.710 bits per heavy atom. The fourth-order valence-corrected chi connectivity index (χ4v) is 8.81. The second-order valence-corrected chi connectivity index (χ2v) is 15.6. The molecule has 3 nitrogen and oxygen atoms in total. The second-order valence-electron chi connectivity index (χ2n) is 15.6. The van der Waals surface area contributed by atoms with Crippen molar-refractivity contribution in [2.75, 3.05) is 9.80 Å². The molecule has 0 unspecified atom stereocenters. The number of rotatable bonds is 9. The zero-order valence-electron chi connectivity index (χ0n) is 34.0. The molecule has 0 bridgehead atoms. The molecule has 11 aromatic rings. The smallest absolute Gasteiger partial charge is 0.0717 e. The van der Waals surface area contributed by atoms with Gasteiger partial charge >= 0.3 is 0 Å². The maximum absolute atomic E-state index is 5.32. The van der Waals surface area contributed by atoms with E-state index in [-0.39, 0.29) is 0 Å². The highest BCUT2D eigenvalue weighted by Crippen LogP contribution is 2.43. The van der Waals surface area contributed by atoms with Gasteiger partial charge < -0.3 is 9.80 Å². The van der Waals surface area contributed by atoms with E-state index in [1.165, 1.54) is 21.5 Å². The zero-order chi connectivity index (χ0) is 41.2. The van der Waals surface area contributed by atoms with E-state index in [2.05, 4.69) is 259 Å². The Morgan fingerprint density at radius 1 is 0.274 bits per heavy atom. The molecule has 0 aliphatic carbocycles. The van der Waals surface area contributed by atoms with E-state index in [4.69, 9.17) is 4.98 Å². The highest BCUT2D eigenvalue weighted by Gasteiger charge is 2.19. The summed E-state index contributed by atoms with van der Waals surface area (Å²) in [6.07, 6.45) is 0. The number of nitrogens with zero attached hydrogens (tertiary/aromatic N) is 3. The number of benzene rings is 10. The first-order valence-corrected chi connectivity index (χ1v) is 21.1. The van der Waals surface area contributed by atoms with Gasteiger partial charge in [0.25, 0.3) is 0 Å². The Labute approximate surface area is 362 Å². The molecule has 0 aliphatic rings. The Bertz CT molecular complexity index is 3320. The molecule has 11 rings (SSSR count). The summed E-state index contributed by atoms with van der Waals surface area (Å²) in [5.74, 6) is 0. The van der Waals surface area contributed by atoms with E-state index in [0.717, 1.165) is 78.5 Å². The molecular weight excluding hydrogens is 751 g/mol. The molecule has 10 aromatic carbocycles. The number of pyridine rings is 1. The van der Waals surface area contributed by atoms with Crippen LogP contribution in [0.25, 0.3) is 66.0 Å². The molecule has 3 heteroatoms. The third kappa shape index (κ3) is 6.92. The summed E-state index contributed by atoms with van der Waals surface area (Å²) in [7, 11) is 0. The summed E-state index contributed by atoms with van der Waals surface area (Å²) >= 11 is 0. The first kappa shape index (κ1) is 36.8. The lowest BCUT2D eigenvalue weighted by atomic mass is 9.96. The third-order valence-corrected chi connectivity index (χ3v) is 11.8. The molecule has 0 N–H and O–H groups in total. The van der Waals surface area contributed by atoms with Crippen LogP contribution in [0.1, 0.15) is 0 Å². The molecular formula is C59H41N3. The highest BCUT2D eigenvalue weighted by atomic mass is 15.1. The summed E-state index contributed by atoms with van der Waals surface area (Å²) in [5.41, 5.74) is 14.2. The van der Waals surface area contributed by atoms with E-state index in [9.17, 15) is 0 Å².